The maximum absolute atomic E-state index is 5.30. The second-order valence-corrected chi connectivity index (χ2v) is 4.59. The van der Waals surface area contributed by atoms with E-state index in [0.29, 0.717) is 11.7 Å². The molecule has 0 unspecified atom stereocenters. The summed E-state index contributed by atoms with van der Waals surface area (Å²) >= 11 is 5.30. The van der Waals surface area contributed by atoms with Crippen molar-refractivity contribution >= 4 is 23.0 Å². The van der Waals surface area contributed by atoms with E-state index in [-0.39, 0.29) is 0 Å². The van der Waals surface area contributed by atoms with Gasteiger partial charge in [-0.05, 0) is 41.9 Å². The first-order chi connectivity index (χ1) is 9.29. The van der Waals surface area contributed by atoms with Crippen molar-refractivity contribution in [3.05, 3.63) is 59.9 Å². The van der Waals surface area contributed by atoms with Gasteiger partial charge in [0.1, 0.15) is 0 Å². The monoisotopic (exact) mass is 271 g/mol. The average Bonchev–Trinajstić information content (AvgIpc) is 2.47. The van der Waals surface area contributed by atoms with Crippen molar-refractivity contribution in [2.24, 2.45) is 0 Å². The number of aryl methyl sites for hydroxylation is 1. The summed E-state index contributed by atoms with van der Waals surface area (Å²) in [6.45, 7) is 2.81. The van der Waals surface area contributed by atoms with Gasteiger partial charge in [-0.2, -0.15) is 0 Å². The number of benzene rings is 1. The Morgan fingerprint density at radius 2 is 2.05 bits per heavy atom. The van der Waals surface area contributed by atoms with Crippen molar-refractivity contribution in [1.29, 1.82) is 0 Å². The van der Waals surface area contributed by atoms with E-state index in [0.717, 1.165) is 17.7 Å². The molecule has 2 rings (SSSR count). The Hall–Kier alpha value is -1.94. The molecule has 0 spiro atoms. The van der Waals surface area contributed by atoms with Crippen molar-refractivity contribution in [2.75, 3.05) is 5.32 Å². The molecule has 0 saturated heterocycles. The van der Waals surface area contributed by atoms with Crippen molar-refractivity contribution in [2.45, 2.75) is 19.9 Å². The third-order valence-corrected chi connectivity index (χ3v) is 3.07. The van der Waals surface area contributed by atoms with Gasteiger partial charge in [-0.3, -0.25) is 4.98 Å². The van der Waals surface area contributed by atoms with Crippen LogP contribution in [0.2, 0.25) is 0 Å². The SMILES string of the molecule is CCc1ccccc1NC(=S)NCc1cccnc1. The first-order valence-electron chi connectivity index (χ1n) is 6.31. The summed E-state index contributed by atoms with van der Waals surface area (Å²) in [5.74, 6) is 0. The number of nitrogens with zero attached hydrogens (tertiary/aromatic N) is 1. The Bertz CT molecular complexity index is 540. The Morgan fingerprint density at radius 1 is 1.21 bits per heavy atom. The number of pyridine rings is 1. The fraction of sp³-hybridized carbons (Fsp3) is 0.200. The molecular weight excluding hydrogens is 254 g/mol. The lowest BCUT2D eigenvalue weighted by atomic mass is 10.1. The number of hydrogen-bond donors (Lipinski definition) is 2. The van der Waals surface area contributed by atoms with E-state index >= 15 is 0 Å². The molecule has 0 amide bonds. The molecule has 0 bridgehead atoms. The van der Waals surface area contributed by atoms with Gasteiger partial charge in [0.25, 0.3) is 0 Å². The Kier molecular flexibility index (Phi) is 4.86. The van der Waals surface area contributed by atoms with Gasteiger partial charge < -0.3 is 10.6 Å². The van der Waals surface area contributed by atoms with Crippen molar-refractivity contribution in [3.8, 4) is 0 Å². The van der Waals surface area contributed by atoms with E-state index in [2.05, 4.69) is 28.6 Å². The Morgan fingerprint density at radius 3 is 2.79 bits per heavy atom. The van der Waals surface area contributed by atoms with Gasteiger partial charge in [0.05, 0.1) is 0 Å². The molecule has 2 N–H and O–H groups in total. The highest BCUT2D eigenvalue weighted by molar-refractivity contribution is 7.80. The second-order valence-electron chi connectivity index (χ2n) is 4.18. The summed E-state index contributed by atoms with van der Waals surface area (Å²) in [4.78, 5) is 4.07. The lowest BCUT2D eigenvalue weighted by Crippen LogP contribution is -2.28. The van der Waals surface area contributed by atoms with Crippen LogP contribution in [0, 0.1) is 0 Å². The molecule has 0 radical (unpaired) electrons. The number of rotatable bonds is 4. The van der Waals surface area contributed by atoms with Gasteiger partial charge in [-0.25, -0.2) is 0 Å². The number of thiocarbonyl (C=S) groups is 1. The van der Waals surface area contributed by atoms with Crippen LogP contribution in [-0.2, 0) is 13.0 Å². The zero-order valence-electron chi connectivity index (χ0n) is 10.9. The minimum absolute atomic E-state index is 0.629. The fourth-order valence-corrected chi connectivity index (χ4v) is 1.98. The number of anilines is 1. The highest BCUT2D eigenvalue weighted by atomic mass is 32.1. The molecular formula is C15H17N3S. The summed E-state index contributed by atoms with van der Waals surface area (Å²) in [5.41, 5.74) is 3.43. The van der Waals surface area contributed by atoms with E-state index in [4.69, 9.17) is 12.2 Å². The van der Waals surface area contributed by atoms with Crippen LogP contribution >= 0.6 is 12.2 Å². The molecule has 0 saturated carbocycles. The normalized spacial score (nSPS) is 9.95. The minimum atomic E-state index is 0.629. The van der Waals surface area contributed by atoms with Crippen LogP contribution in [0.3, 0.4) is 0 Å². The van der Waals surface area contributed by atoms with E-state index < -0.39 is 0 Å². The number of hydrogen-bond acceptors (Lipinski definition) is 2. The van der Waals surface area contributed by atoms with Gasteiger partial charge in [-0.1, -0.05) is 31.2 Å². The van der Waals surface area contributed by atoms with E-state index in [1.54, 1.807) is 6.20 Å². The predicted octanol–water partition coefficient (Wildman–Crippen LogP) is 3.13. The molecule has 0 aliphatic heterocycles. The van der Waals surface area contributed by atoms with Gasteiger partial charge >= 0.3 is 0 Å². The molecule has 3 nitrogen and oxygen atoms in total. The predicted molar refractivity (Wildman–Crippen MR) is 83.1 cm³/mol. The van der Waals surface area contributed by atoms with E-state index in [1.807, 2.05) is 36.5 Å². The van der Waals surface area contributed by atoms with Crippen LogP contribution in [0.1, 0.15) is 18.1 Å². The molecule has 1 aromatic heterocycles. The van der Waals surface area contributed by atoms with Gasteiger partial charge in [0.2, 0.25) is 0 Å². The molecule has 19 heavy (non-hydrogen) atoms. The summed E-state index contributed by atoms with van der Waals surface area (Å²) in [7, 11) is 0. The lowest BCUT2D eigenvalue weighted by Gasteiger charge is -2.13. The number of aromatic nitrogens is 1. The standard InChI is InChI=1S/C15H17N3S/c1-2-13-7-3-4-8-14(13)18-15(19)17-11-12-6-5-9-16-10-12/h3-10H,2,11H2,1H3,(H2,17,18,19). The quantitative estimate of drug-likeness (QED) is 0.838. The average molecular weight is 271 g/mol. The third-order valence-electron chi connectivity index (χ3n) is 2.82. The maximum atomic E-state index is 5.30. The van der Waals surface area contributed by atoms with Crippen LogP contribution in [-0.4, -0.2) is 10.1 Å². The van der Waals surface area contributed by atoms with Gasteiger partial charge in [0.15, 0.2) is 5.11 Å². The van der Waals surface area contributed by atoms with Crippen LogP contribution < -0.4 is 10.6 Å². The van der Waals surface area contributed by atoms with Crippen LogP contribution in [0.4, 0.5) is 5.69 Å². The highest BCUT2D eigenvalue weighted by Gasteiger charge is 2.02. The first kappa shape index (κ1) is 13.5. The molecule has 1 aromatic carbocycles. The van der Waals surface area contributed by atoms with E-state index in [9.17, 15) is 0 Å². The topological polar surface area (TPSA) is 37.0 Å². The zero-order valence-corrected chi connectivity index (χ0v) is 11.7. The molecule has 1 heterocycles. The zero-order chi connectivity index (χ0) is 13.5. The largest absolute Gasteiger partial charge is 0.358 e. The van der Waals surface area contributed by atoms with Crippen molar-refractivity contribution in [1.82, 2.24) is 10.3 Å². The van der Waals surface area contributed by atoms with Gasteiger partial charge in [0, 0.05) is 24.6 Å². The Balaban J connectivity index is 1.91. The van der Waals surface area contributed by atoms with Crippen molar-refractivity contribution < 1.29 is 0 Å². The van der Waals surface area contributed by atoms with Gasteiger partial charge in [-0.15, -0.1) is 0 Å². The summed E-state index contributed by atoms with van der Waals surface area (Å²) < 4.78 is 0. The lowest BCUT2D eigenvalue weighted by molar-refractivity contribution is 0.916. The van der Waals surface area contributed by atoms with Crippen LogP contribution in [0.5, 0.6) is 0 Å². The highest BCUT2D eigenvalue weighted by Crippen LogP contribution is 2.15. The molecule has 4 heteroatoms. The van der Waals surface area contributed by atoms with Crippen molar-refractivity contribution in [3.63, 3.8) is 0 Å². The molecule has 2 aromatic rings. The first-order valence-corrected chi connectivity index (χ1v) is 6.72. The number of para-hydroxylation sites is 1. The second kappa shape index (κ2) is 6.85. The maximum Gasteiger partial charge on any atom is 0.171 e. The molecule has 0 atom stereocenters. The van der Waals surface area contributed by atoms with E-state index in [1.165, 1.54) is 5.56 Å². The van der Waals surface area contributed by atoms with Crippen LogP contribution in [0.25, 0.3) is 0 Å². The summed E-state index contributed by atoms with van der Waals surface area (Å²) in [5, 5.41) is 7.04. The number of nitrogens with one attached hydrogen (secondary N) is 2. The fourth-order valence-electron chi connectivity index (χ4n) is 1.80. The molecule has 0 aliphatic carbocycles. The molecule has 0 fully saturated rings. The van der Waals surface area contributed by atoms with Crippen LogP contribution in [0.15, 0.2) is 48.8 Å². The summed E-state index contributed by atoms with van der Waals surface area (Å²) in [6.07, 6.45) is 4.57. The minimum Gasteiger partial charge on any atom is -0.358 e. The third kappa shape index (κ3) is 4.03. The molecule has 0 aliphatic rings. The Labute approximate surface area is 119 Å². The smallest absolute Gasteiger partial charge is 0.171 e. The molecule has 98 valence electrons. The summed E-state index contributed by atoms with van der Waals surface area (Å²) in [6, 6.07) is 12.1.